The third kappa shape index (κ3) is 3.74. The summed E-state index contributed by atoms with van der Waals surface area (Å²) in [5, 5.41) is 8.00. The molecular weight excluding hydrogens is 401 g/mol. The molecule has 0 bridgehead atoms. The van der Waals surface area contributed by atoms with Gasteiger partial charge in [-0.05, 0) is 41.7 Å². The number of carbonyl (C=O) groups is 2. The Labute approximate surface area is 173 Å². The van der Waals surface area contributed by atoms with Gasteiger partial charge in [0.05, 0.1) is 0 Å². The SMILES string of the molecule is CNC(=O)c1ccn(C(=O)N2CC3CN(Cc4cc(Cl)ccc4Cl)CC3C2)n1. The van der Waals surface area contributed by atoms with Crippen molar-refractivity contribution in [1.82, 2.24) is 24.9 Å². The van der Waals surface area contributed by atoms with E-state index in [1.807, 2.05) is 17.0 Å². The van der Waals surface area contributed by atoms with Gasteiger partial charge in [-0.1, -0.05) is 23.2 Å². The van der Waals surface area contributed by atoms with Gasteiger partial charge in [0.1, 0.15) is 0 Å². The van der Waals surface area contributed by atoms with Crippen LogP contribution in [0.2, 0.25) is 10.0 Å². The molecule has 1 N–H and O–H groups in total. The number of halogens is 2. The number of amides is 2. The number of hydrogen-bond donors (Lipinski definition) is 1. The van der Waals surface area contributed by atoms with E-state index in [2.05, 4.69) is 15.3 Å². The second-order valence-electron chi connectivity index (χ2n) is 7.36. The Morgan fingerprint density at radius 3 is 2.54 bits per heavy atom. The fourth-order valence-electron chi connectivity index (χ4n) is 4.11. The lowest BCUT2D eigenvalue weighted by Gasteiger charge is -2.21. The lowest BCUT2D eigenvalue weighted by Crippen LogP contribution is -2.36. The molecule has 2 aromatic rings. The van der Waals surface area contributed by atoms with Crippen LogP contribution in [0.15, 0.2) is 30.5 Å². The van der Waals surface area contributed by atoms with Crippen molar-refractivity contribution < 1.29 is 9.59 Å². The number of rotatable bonds is 3. The molecule has 7 nitrogen and oxygen atoms in total. The highest BCUT2D eigenvalue weighted by Crippen LogP contribution is 2.33. The summed E-state index contributed by atoms with van der Waals surface area (Å²) in [6, 6.07) is 6.89. The van der Waals surface area contributed by atoms with E-state index in [-0.39, 0.29) is 17.6 Å². The quantitative estimate of drug-likeness (QED) is 0.826. The lowest BCUT2D eigenvalue weighted by molar-refractivity contribution is 0.0957. The van der Waals surface area contributed by atoms with Gasteiger partial charge >= 0.3 is 6.03 Å². The molecular formula is C19H21Cl2N5O2. The second kappa shape index (κ2) is 7.73. The average molecular weight is 422 g/mol. The van der Waals surface area contributed by atoms with Crippen molar-refractivity contribution in [2.45, 2.75) is 6.54 Å². The zero-order chi connectivity index (χ0) is 19.8. The topological polar surface area (TPSA) is 70.5 Å². The van der Waals surface area contributed by atoms with Crippen LogP contribution in [0.25, 0.3) is 0 Å². The molecule has 28 heavy (non-hydrogen) atoms. The summed E-state index contributed by atoms with van der Waals surface area (Å²) in [6.45, 7) is 3.98. The van der Waals surface area contributed by atoms with Gasteiger partial charge in [-0.25, -0.2) is 4.79 Å². The lowest BCUT2D eigenvalue weighted by atomic mass is 10.0. The van der Waals surface area contributed by atoms with Gasteiger partial charge in [-0.2, -0.15) is 9.78 Å². The van der Waals surface area contributed by atoms with Crippen LogP contribution in [-0.2, 0) is 6.54 Å². The Balaban J connectivity index is 1.36. The Hall–Kier alpha value is -2.09. The molecule has 2 fully saturated rings. The van der Waals surface area contributed by atoms with Gasteiger partial charge in [0.2, 0.25) is 0 Å². The molecule has 2 saturated heterocycles. The molecule has 4 rings (SSSR count). The van der Waals surface area contributed by atoms with Crippen molar-refractivity contribution in [2.75, 3.05) is 33.2 Å². The van der Waals surface area contributed by atoms with E-state index in [1.54, 1.807) is 12.1 Å². The number of nitrogens with one attached hydrogen (secondary N) is 1. The smallest absolute Gasteiger partial charge is 0.344 e. The highest BCUT2D eigenvalue weighted by molar-refractivity contribution is 6.33. The molecule has 9 heteroatoms. The van der Waals surface area contributed by atoms with Crippen LogP contribution in [0.4, 0.5) is 4.79 Å². The molecule has 1 aromatic heterocycles. The molecule has 2 atom stereocenters. The molecule has 2 aliphatic rings. The van der Waals surface area contributed by atoms with E-state index >= 15 is 0 Å². The zero-order valence-electron chi connectivity index (χ0n) is 15.4. The fraction of sp³-hybridized carbons (Fsp3) is 0.421. The van der Waals surface area contributed by atoms with Crippen molar-refractivity contribution in [2.24, 2.45) is 11.8 Å². The first kappa shape index (κ1) is 19.2. The molecule has 148 valence electrons. The van der Waals surface area contributed by atoms with Crippen LogP contribution < -0.4 is 5.32 Å². The molecule has 3 heterocycles. The molecule has 2 unspecified atom stereocenters. The summed E-state index contributed by atoms with van der Waals surface area (Å²) < 4.78 is 1.25. The molecule has 2 aliphatic heterocycles. The standard InChI is InChI=1S/C19H21Cl2N5O2/c1-22-18(27)17-4-5-26(23-17)19(28)25-10-13-8-24(9-14(13)11-25)7-12-6-15(20)2-3-16(12)21/h2-6,13-14H,7-11H2,1H3,(H,22,27). The van der Waals surface area contributed by atoms with Gasteiger partial charge in [0.25, 0.3) is 5.91 Å². The fourth-order valence-corrected chi connectivity index (χ4v) is 4.48. The van der Waals surface area contributed by atoms with Crippen molar-refractivity contribution in [3.63, 3.8) is 0 Å². The Kier molecular flexibility index (Phi) is 5.31. The van der Waals surface area contributed by atoms with Crippen LogP contribution in [0.3, 0.4) is 0 Å². The van der Waals surface area contributed by atoms with Crippen LogP contribution in [0.1, 0.15) is 16.1 Å². The summed E-state index contributed by atoms with van der Waals surface area (Å²) in [6.07, 6.45) is 1.54. The van der Waals surface area contributed by atoms with E-state index in [0.717, 1.165) is 30.2 Å². The second-order valence-corrected chi connectivity index (χ2v) is 8.21. The minimum Gasteiger partial charge on any atom is -0.354 e. The maximum atomic E-state index is 12.7. The number of fused-ring (bicyclic) bond motifs is 1. The minimum absolute atomic E-state index is 0.186. The maximum Gasteiger partial charge on any atom is 0.344 e. The number of hydrogen-bond acceptors (Lipinski definition) is 4. The first-order valence-corrected chi connectivity index (χ1v) is 9.93. The Morgan fingerprint density at radius 1 is 1.14 bits per heavy atom. The molecule has 0 radical (unpaired) electrons. The van der Waals surface area contributed by atoms with Crippen LogP contribution in [-0.4, -0.2) is 64.7 Å². The van der Waals surface area contributed by atoms with Gasteiger partial charge < -0.3 is 10.2 Å². The van der Waals surface area contributed by atoms with Crippen LogP contribution >= 0.6 is 23.2 Å². The molecule has 0 spiro atoms. The summed E-state index contributed by atoms with van der Waals surface area (Å²) in [7, 11) is 1.53. The highest BCUT2D eigenvalue weighted by Gasteiger charge is 2.42. The monoisotopic (exact) mass is 421 g/mol. The summed E-state index contributed by atoms with van der Waals surface area (Å²) >= 11 is 12.4. The molecule has 0 saturated carbocycles. The largest absolute Gasteiger partial charge is 0.354 e. The van der Waals surface area contributed by atoms with Crippen molar-refractivity contribution in [3.8, 4) is 0 Å². The first-order valence-electron chi connectivity index (χ1n) is 9.18. The summed E-state index contributed by atoms with van der Waals surface area (Å²) in [4.78, 5) is 28.5. The average Bonchev–Trinajstić information content (AvgIpc) is 3.38. The summed E-state index contributed by atoms with van der Waals surface area (Å²) in [5.74, 6) is 0.548. The van der Waals surface area contributed by atoms with Crippen molar-refractivity contribution >= 4 is 35.1 Å². The third-order valence-corrected chi connectivity index (χ3v) is 6.08. The zero-order valence-corrected chi connectivity index (χ0v) is 17.0. The number of aromatic nitrogens is 2. The van der Waals surface area contributed by atoms with Crippen LogP contribution in [0, 0.1) is 11.8 Å². The number of carbonyl (C=O) groups excluding carboxylic acids is 2. The van der Waals surface area contributed by atoms with Gasteiger partial charge in [0.15, 0.2) is 5.69 Å². The first-order chi connectivity index (χ1) is 13.4. The van der Waals surface area contributed by atoms with E-state index < -0.39 is 0 Å². The van der Waals surface area contributed by atoms with Gasteiger partial charge in [0, 0.05) is 56.0 Å². The highest BCUT2D eigenvalue weighted by atomic mass is 35.5. The van der Waals surface area contributed by atoms with Crippen molar-refractivity contribution in [3.05, 3.63) is 51.8 Å². The normalized spacial score (nSPS) is 21.8. The van der Waals surface area contributed by atoms with E-state index in [0.29, 0.717) is 29.9 Å². The molecule has 2 amide bonds. The Morgan fingerprint density at radius 2 is 1.86 bits per heavy atom. The Bertz CT molecular complexity index is 901. The number of benzene rings is 1. The van der Waals surface area contributed by atoms with E-state index in [4.69, 9.17) is 23.2 Å². The number of nitrogens with zero attached hydrogens (tertiary/aromatic N) is 4. The minimum atomic E-state index is -0.305. The predicted molar refractivity (Wildman–Crippen MR) is 107 cm³/mol. The predicted octanol–water partition coefficient (Wildman–Crippen LogP) is 2.58. The van der Waals surface area contributed by atoms with Gasteiger partial charge in [-0.3, -0.25) is 9.69 Å². The molecule has 1 aromatic carbocycles. The van der Waals surface area contributed by atoms with E-state index in [9.17, 15) is 9.59 Å². The van der Waals surface area contributed by atoms with Gasteiger partial charge in [-0.15, -0.1) is 0 Å². The summed E-state index contributed by atoms with van der Waals surface area (Å²) in [5.41, 5.74) is 1.26. The van der Waals surface area contributed by atoms with Crippen molar-refractivity contribution in [1.29, 1.82) is 0 Å². The van der Waals surface area contributed by atoms with Crippen LogP contribution in [0.5, 0.6) is 0 Å². The maximum absolute atomic E-state index is 12.7. The number of likely N-dealkylation sites (tertiary alicyclic amines) is 2. The van der Waals surface area contributed by atoms with E-state index in [1.165, 1.54) is 17.9 Å². The third-order valence-electron chi connectivity index (χ3n) is 5.48. The molecule has 0 aliphatic carbocycles.